The van der Waals surface area contributed by atoms with Gasteiger partial charge in [-0.05, 0) is 70.8 Å². The number of carbonyl (C=O) groups is 1. The topological polar surface area (TPSA) is 66.5 Å². The average molecular weight is 517 g/mol. The van der Waals surface area contributed by atoms with Gasteiger partial charge in [0.15, 0.2) is 0 Å². The van der Waals surface area contributed by atoms with E-state index in [0.717, 1.165) is 11.1 Å². The zero-order valence-electron chi connectivity index (χ0n) is 18.6. The Morgan fingerprint density at radius 3 is 2.00 bits per heavy atom. The largest absolute Gasteiger partial charge is 0.314 e. The lowest BCUT2D eigenvalue weighted by atomic mass is 9.84. The van der Waals surface area contributed by atoms with E-state index in [4.69, 9.17) is 11.6 Å². The number of halogens is 3. The van der Waals surface area contributed by atoms with Gasteiger partial charge in [-0.15, -0.1) is 0 Å². The molecule has 1 fully saturated rings. The summed E-state index contributed by atoms with van der Waals surface area (Å²) in [7, 11) is -3.91. The second kappa shape index (κ2) is 10.8. The van der Waals surface area contributed by atoms with Crippen molar-refractivity contribution in [2.75, 3.05) is 19.6 Å². The SMILES string of the molecule is O=C(Cl)/C=C/c1ccc(S(=O)(=O)N2CCNCC2C(c2ccc(F)cc2)c2ccc(F)cc2)cc1. The van der Waals surface area contributed by atoms with E-state index in [1.807, 2.05) is 0 Å². The Morgan fingerprint density at radius 2 is 1.49 bits per heavy atom. The van der Waals surface area contributed by atoms with Gasteiger partial charge in [0.1, 0.15) is 11.6 Å². The van der Waals surface area contributed by atoms with E-state index in [1.165, 1.54) is 52.9 Å². The summed E-state index contributed by atoms with van der Waals surface area (Å²) in [6, 6.07) is 17.5. The smallest absolute Gasteiger partial charge is 0.245 e. The summed E-state index contributed by atoms with van der Waals surface area (Å²) < 4.78 is 56.3. The first kappa shape index (κ1) is 25.2. The van der Waals surface area contributed by atoms with Crippen LogP contribution in [0.5, 0.6) is 0 Å². The first-order valence-corrected chi connectivity index (χ1v) is 12.8. The molecule has 1 unspecified atom stereocenters. The summed E-state index contributed by atoms with van der Waals surface area (Å²) in [5.74, 6) is -1.26. The van der Waals surface area contributed by atoms with Crippen LogP contribution >= 0.6 is 11.6 Å². The normalized spacial score (nSPS) is 17.2. The van der Waals surface area contributed by atoms with Crippen molar-refractivity contribution in [3.05, 3.63) is 107 Å². The fourth-order valence-corrected chi connectivity index (χ4v) is 6.01. The monoisotopic (exact) mass is 516 g/mol. The van der Waals surface area contributed by atoms with Gasteiger partial charge < -0.3 is 5.32 Å². The Morgan fingerprint density at radius 1 is 0.943 bits per heavy atom. The van der Waals surface area contributed by atoms with E-state index in [1.54, 1.807) is 36.4 Å². The summed E-state index contributed by atoms with van der Waals surface area (Å²) in [6.07, 6.45) is 2.69. The second-order valence-electron chi connectivity index (χ2n) is 8.17. The van der Waals surface area contributed by atoms with Crippen LogP contribution in [0.2, 0.25) is 0 Å². The van der Waals surface area contributed by atoms with Gasteiger partial charge in [0.25, 0.3) is 0 Å². The van der Waals surface area contributed by atoms with Gasteiger partial charge in [-0.25, -0.2) is 17.2 Å². The van der Waals surface area contributed by atoms with Crippen LogP contribution in [-0.2, 0) is 14.8 Å². The molecule has 0 saturated carbocycles. The molecule has 3 aromatic carbocycles. The van der Waals surface area contributed by atoms with Gasteiger partial charge in [0, 0.05) is 31.6 Å². The van der Waals surface area contributed by atoms with E-state index in [9.17, 15) is 22.0 Å². The third-order valence-corrected chi connectivity index (χ3v) is 8.03. The van der Waals surface area contributed by atoms with Crippen LogP contribution < -0.4 is 5.32 Å². The van der Waals surface area contributed by atoms with E-state index in [0.29, 0.717) is 18.7 Å². The third-order valence-electron chi connectivity index (χ3n) is 5.97. The van der Waals surface area contributed by atoms with Crippen LogP contribution in [0, 0.1) is 11.6 Å². The van der Waals surface area contributed by atoms with E-state index >= 15 is 0 Å². The number of benzene rings is 3. The highest BCUT2D eigenvalue weighted by atomic mass is 35.5. The Hall–Kier alpha value is -2.91. The Balaban J connectivity index is 1.73. The lowest BCUT2D eigenvalue weighted by Crippen LogP contribution is -2.55. The molecule has 3 aromatic rings. The van der Waals surface area contributed by atoms with Crippen molar-refractivity contribution in [2.24, 2.45) is 0 Å². The number of allylic oxidation sites excluding steroid dienone is 1. The van der Waals surface area contributed by atoms with Crippen molar-refractivity contribution in [2.45, 2.75) is 16.9 Å². The summed E-state index contributed by atoms with van der Waals surface area (Å²) in [6.45, 7) is 1.06. The van der Waals surface area contributed by atoms with Gasteiger partial charge in [-0.3, -0.25) is 4.79 Å². The van der Waals surface area contributed by atoms with Crippen molar-refractivity contribution >= 4 is 32.9 Å². The molecule has 1 aliphatic rings. The number of hydrogen-bond acceptors (Lipinski definition) is 4. The highest BCUT2D eigenvalue weighted by Gasteiger charge is 2.39. The molecule has 0 amide bonds. The maximum absolute atomic E-state index is 13.7. The number of sulfonamides is 1. The zero-order chi connectivity index (χ0) is 25.0. The minimum Gasteiger partial charge on any atom is -0.314 e. The molecule has 0 aromatic heterocycles. The molecule has 1 heterocycles. The molecule has 0 spiro atoms. The van der Waals surface area contributed by atoms with Gasteiger partial charge in [0.2, 0.25) is 15.3 Å². The van der Waals surface area contributed by atoms with Gasteiger partial charge in [0.05, 0.1) is 4.90 Å². The van der Waals surface area contributed by atoms with E-state index < -0.39 is 38.9 Å². The number of nitrogens with zero attached hydrogens (tertiary/aromatic N) is 1. The molecule has 4 rings (SSSR count). The minimum absolute atomic E-state index is 0.107. The molecule has 0 radical (unpaired) electrons. The molecule has 1 aliphatic heterocycles. The summed E-state index contributed by atoms with van der Waals surface area (Å²) >= 11 is 5.32. The molecule has 182 valence electrons. The number of rotatable bonds is 7. The molecule has 9 heteroatoms. The van der Waals surface area contributed by atoms with Gasteiger partial charge in [-0.1, -0.05) is 42.5 Å². The van der Waals surface area contributed by atoms with Crippen LogP contribution in [0.3, 0.4) is 0 Å². The summed E-state index contributed by atoms with van der Waals surface area (Å²) in [4.78, 5) is 11.1. The highest BCUT2D eigenvalue weighted by molar-refractivity contribution is 7.89. The minimum atomic E-state index is -3.91. The van der Waals surface area contributed by atoms with Crippen molar-refractivity contribution < 1.29 is 22.0 Å². The van der Waals surface area contributed by atoms with E-state index in [-0.39, 0.29) is 11.4 Å². The summed E-state index contributed by atoms with van der Waals surface area (Å²) in [5.41, 5.74) is 2.07. The predicted octanol–water partition coefficient (Wildman–Crippen LogP) is 4.54. The number of nitrogens with one attached hydrogen (secondary N) is 1. The lowest BCUT2D eigenvalue weighted by molar-refractivity contribution is -0.107. The molecule has 35 heavy (non-hydrogen) atoms. The van der Waals surface area contributed by atoms with Crippen molar-refractivity contribution in [1.82, 2.24) is 9.62 Å². The summed E-state index contributed by atoms with van der Waals surface area (Å²) in [5, 5.41) is 2.63. The Bertz CT molecular complexity index is 1270. The quantitative estimate of drug-likeness (QED) is 0.370. The molecule has 0 bridgehead atoms. The highest BCUT2D eigenvalue weighted by Crippen LogP contribution is 2.35. The lowest BCUT2D eigenvalue weighted by Gasteiger charge is -2.40. The molecule has 0 aliphatic carbocycles. The third kappa shape index (κ3) is 5.85. The molecule has 1 N–H and O–H groups in total. The van der Waals surface area contributed by atoms with Crippen molar-refractivity contribution in [3.8, 4) is 0 Å². The first-order chi connectivity index (χ1) is 16.8. The van der Waals surface area contributed by atoms with Gasteiger partial charge in [-0.2, -0.15) is 4.31 Å². The molecule has 1 saturated heterocycles. The molecule has 5 nitrogen and oxygen atoms in total. The van der Waals surface area contributed by atoms with Crippen LogP contribution in [0.15, 0.2) is 83.8 Å². The van der Waals surface area contributed by atoms with E-state index in [2.05, 4.69) is 5.32 Å². The molecular formula is C26H23ClF2N2O3S. The number of carbonyl (C=O) groups excluding carboxylic acids is 1. The first-order valence-electron chi connectivity index (χ1n) is 11.0. The fourth-order valence-electron chi connectivity index (χ4n) is 4.31. The van der Waals surface area contributed by atoms with Crippen LogP contribution in [0.25, 0.3) is 6.08 Å². The number of piperazine rings is 1. The average Bonchev–Trinajstić information content (AvgIpc) is 2.86. The van der Waals surface area contributed by atoms with Crippen LogP contribution in [0.1, 0.15) is 22.6 Å². The fraction of sp³-hybridized carbons (Fsp3) is 0.192. The van der Waals surface area contributed by atoms with Crippen LogP contribution in [0.4, 0.5) is 8.78 Å². The molecule has 1 atom stereocenters. The van der Waals surface area contributed by atoms with Crippen molar-refractivity contribution in [1.29, 1.82) is 0 Å². The second-order valence-corrected chi connectivity index (χ2v) is 10.4. The maximum atomic E-state index is 13.7. The standard InChI is InChI=1S/C26H23ClF2N2O3S/c27-25(32)14-3-18-1-12-23(13-2-18)35(33,34)31-16-15-30-17-24(31)26(19-4-8-21(28)9-5-19)20-6-10-22(29)11-7-20/h1-14,24,26,30H,15-17H2/b14-3+. The molecular weight excluding hydrogens is 494 g/mol. The van der Waals surface area contributed by atoms with Crippen molar-refractivity contribution in [3.63, 3.8) is 0 Å². The zero-order valence-corrected chi connectivity index (χ0v) is 20.1. The maximum Gasteiger partial charge on any atom is 0.245 e. The number of hydrogen-bond donors (Lipinski definition) is 1. The Labute approximate surface area is 208 Å². The van der Waals surface area contributed by atoms with Crippen LogP contribution in [-0.4, -0.2) is 43.6 Å². The Kier molecular flexibility index (Phi) is 7.76. The predicted molar refractivity (Wildman–Crippen MR) is 132 cm³/mol. The van der Waals surface area contributed by atoms with Gasteiger partial charge >= 0.3 is 0 Å².